The van der Waals surface area contributed by atoms with Gasteiger partial charge in [-0.15, -0.1) is 11.6 Å². The van der Waals surface area contributed by atoms with Crippen LogP contribution < -0.4 is 0 Å². The molecule has 1 atom stereocenters. The van der Waals surface area contributed by atoms with Gasteiger partial charge in [-0.1, -0.05) is 11.6 Å². The summed E-state index contributed by atoms with van der Waals surface area (Å²) < 4.78 is 20.0. The van der Waals surface area contributed by atoms with E-state index in [0.29, 0.717) is 29.2 Å². The number of carbonyl (C=O) groups excluding carboxylic acids is 1. The Morgan fingerprint density at radius 2 is 2.25 bits per heavy atom. The Bertz CT molecular complexity index is 657. The quantitative estimate of drug-likeness (QED) is 0.641. The molecular formula is C13H13Cl2FN2O2. The number of ether oxygens (including phenoxy) is 1. The predicted molar refractivity (Wildman–Crippen MR) is 75.9 cm³/mol. The molecule has 0 saturated heterocycles. The normalized spacial score (nSPS) is 12.7. The Balaban J connectivity index is 2.67. The standard InChI is InChI=1S/C13H13Cl2FN2O2/c1-7(13(19)20-2)18-11-6-9(16)8(15)5-10(11)17-12(18)3-4-14/h5-7H,3-4H2,1-2H3. The van der Waals surface area contributed by atoms with Crippen LogP contribution in [0.25, 0.3) is 11.0 Å². The maximum absolute atomic E-state index is 13.7. The Kier molecular flexibility index (Phi) is 4.50. The summed E-state index contributed by atoms with van der Waals surface area (Å²) in [7, 11) is 1.30. The first-order valence-electron chi connectivity index (χ1n) is 5.99. The molecule has 0 aliphatic rings. The molecule has 0 aliphatic heterocycles. The molecule has 0 spiro atoms. The molecule has 1 aromatic carbocycles. The lowest BCUT2D eigenvalue weighted by Crippen LogP contribution is -2.20. The van der Waals surface area contributed by atoms with Crippen LogP contribution >= 0.6 is 23.2 Å². The van der Waals surface area contributed by atoms with Crippen LogP contribution in [0.1, 0.15) is 18.8 Å². The molecular weight excluding hydrogens is 306 g/mol. The van der Waals surface area contributed by atoms with Crippen molar-refractivity contribution in [1.29, 1.82) is 0 Å². The number of benzene rings is 1. The van der Waals surface area contributed by atoms with Crippen LogP contribution in [0.4, 0.5) is 4.39 Å². The number of methoxy groups -OCH3 is 1. The van der Waals surface area contributed by atoms with E-state index in [9.17, 15) is 9.18 Å². The second kappa shape index (κ2) is 5.97. The van der Waals surface area contributed by atoms with E-state index in [-0.39, 0.29) is 5.02 Å². The van der Waals surface area contributed by atoms with Crippen molar-refractivity contribution in [3.05, 3.63) is 28.8 Å². The number of carbonyl (C=O) groups is 1. The van der Waals surface area contributed by atoms with Crippen LogP contribution in [-0.2, 0) is 16.0 Å². The Morgan fingerprint density at radius 1 is 1.55 bits per heavy atom. The van der Waals surface area contributed by atoms with Crippen LogP contribution in [0.3, 0.4) is 0 Å². The van der Waals surface area contributed by atoms with E-state index >= 15 is 0 Å². The van der Waals surface area contributed by atoms with Crippen molar-refractivity contribution in [3.63, 3.8) is 0 Å². The van der Waals surface area contributed by atoms with Crippen molar-refractivity contribution in [2.45, 2.75) is 19.4 Å². The smallest absolute Gasteiger partial charge is 0.328 e. The molecule has 4 nitrogen and oxygen atoms in total. The maximum atomic E-state index is 13.7. The number of aryl methyl sites for hydroxylation is 1. The molecule has 20 heavy (non-hydrogen) atoms. The lowest BCUT2D eigenvalue weighted by molar-refractivity contribution is -0.143. The highest BCUT2D eigenvalue weighted by Crippen LogP contribution is 2.27. The fourth-order valence-electron chi connectivity index (χ4n) is 2.11. The summed E-state index contributed by atoms with van der Waals surface area (Å²) in [6, 6.07) is 2.08. The fourth-order valence-corrected chi connectivity index (χ4v) is 2.44. The minimum absolute atomic E-state index is 0.00899. The summed E-state index contributed by atoms with van der Waals surface area (Å²) in [5, 5.41) is -0.00899. The third-order valence-corrected chi connectivity index (χ3v) is 3.53. The highest BCUT2D eigenvalue weighted by Gasteiger charge is 2.22. The zero-order valence-electron chi connectivity index (χ0n) is 11.0. The number of halogens is 3. The zero-order valence-corrected chi connectivity index (χ0v) is 12.5. The van der Waals surface area contributed by atoms with Crippen LogP contribution in [0.5, 0.6) is 0 Å². The van der Waals surface area contributed by atoms with Crippen molar-refractivity contribution in [2.24, 2.45) is 0 Å². The van der Waals surface area contributed by atoms with Gasteiger partial charge in [0.2, 0.25) is 0 Å². The van der Waals surface area contributed by atoms with E-state index in [1.807, 2.05) is 0 Å². The van der Waals surface area contributed by atoms with Gasteiger partial charge in [0.1, 0.15) is 17.7 Å². The molecule has 0 aliphatic carbocycles. The highest BCUT2D eigenvalue weighted by molar-refractivity contribution is 6.31. The SMILES string of the molecule is COC(=O)C(C)n1c(CCCl)nc2cc(Cl)c(F)cc21. The van der Waals surface area contributed by atoms with Gasteiger partial charge < -0.3 is 9.30 Å². The minimum Gasteiger partial charge on any atom is -0.467 e. The number of hydrogen-bond donors (Lipinski definition) is 0. The Labute approximate surface area is 125 Å². The summed E-state index contributed by atoms with van der Waals surface area (Å²) in [6.45, 7) is 1.66. The first kappa shape index (κ1) is 15.1. The van der Waals surface area contributed by atoms with Gasteiger partial charge in [0, 0.05) is 18.4 Å². The average Bonchev–Trinajstić information content (AvgIpc) is 2.75. The molecule has 108 valence electrons. The van der Waals surface area contributed by atoms with E-state index in [4.69, 9.17) is 27.9 Å². The molecule has 2 aromatic rings. The molecule has 0 fully saturated rings. The summed E-state index contributed by atoms with van der Waals surface area (Å²) in [6.07, 6.45) is 0.455. The van der Waals surface area contributed by atoms with Crippen molar-refractivity contribution < 1.29 is 13.9 Å². The molecule has 0 bridgehead atoms. The van der Waals surface area contributed by atoms with Crippen molar-refractivity contribution in [2.75, 3.05) is 13.0 Å². The Morgan fingerprint density at radius 3 is 2.85 bits per heavy atom. The van der Waals surface area contributed by atoms with E-state index in [0.717, 1.165) is 0 Å². The molecule has 0 amide bonds. The summed E-state index contributed by atoms with van der Waals surface area (Å²) in [4.78, 5) is 16.1. The van der Waals surface area contributed by atoms with Crippen molar-refractivity contribution >= 4 is 40.2 Å². The summed E-state index contributed by atoms with van der Waals surface area (Å²) in [5.74, 6) is -0.0622. The monoisotopic (exact) mass is 318 g/mol. The number of hydrogen-bond acceptors (Lipinski definition) is 3. The maximum Gasteiger partial charge on any atom is 0.328 e. The third kappa shape index (κ3) is 2.60. The number of fused-ring (bicyclic) bond motifs is 1. The van der Waals surface area contributed by atoms with E-state index < -0.39 is 17.8 Å². The lowest BCUT2D eigenvalue weighted by Gasteiger charge is -2.15. The number of esters is 1. The highest BCUT2D eigenvalue weighted by atomic mass is 35.5. The summed E-state index contributed by atoms with van der Waals surface area (Å²) in [5.41, 5.74) is 1.01. The van der Waals surface area contributed by atoms with Gasteiger partial charge in [-0.2, -0.15) is 0 Å². The number of imidazole rings is 1. The predicted octanol–water partition coefficient (Wildman–Crippen LogP) is 3.34. The largest absolute Gasteiger partial charge is 0.467 e. The van der Waals surface area contributed by atoms with Crippen LogP contribution in [0.15, 0.2) is 12.1 Å². The van der Waals surface area contributed by atoms with Gasteiger partial charge in [-0.3, -0.25) is 0 Å². The molecule has 0 N–H and O–H groups in total. The lowest BCUT2D eigenvalue weighted by atomic mass is 10.2. The average molecular weight is 319 g/mol. The first-order chi connectivity index (χ1) is 9.49. The van der Waals surface area contributed by atoms with Crippen molar-refractivity contribution in [1.82, 2.24) is 9.55 Å². The molecule has 7 heteroatoms. The second-order valence-corrected chi connectivity index (χ2v) is 5.08. The first-order valence-corrected chi connectivity index (χ1v) is 6.90. The second-order valence-electron chi connectivity index (χ2n) is 4.29. The van der Waals surface area contributed by atoms with Crippen LogP contribution in [-0.4, -0.2) is 28.5 Å². The third-order valence-electron chi connectivity index (χ3n) is 3.05. The van der Waals surface area contributed by atoms with Gasteiger partial charge in [0.05, 0.1) is 23.2 Å². The molecule has 2 rings (SSSR count). The van der Waals surface area contributed by atoms with Gasteiger partial charge in [-0.05, 0) is 13.0 Å². The van der Waals surface area contributed by atoms with Gasteiger partial charge in [0.25, 0.3) is 0 Å². The number of nitrogens with zero attached hydrogens (tertiary/aromatic N) is 2. The van der Waals surface area contributed by atoms with Gasteiger partial charge >= 0.3 is 5.97 Å². The molecule has 1 heterocycles. The number of aromatic nitrogens is 2. The fraction of sp³-hybridized carbons (Fsp3) is 0.385. The van der Waals surface area contributed by atoms with Crippen molar-refractivity contribution in [3.8, 4) is 0 Å². The molecule has 1 aromatic heterocycles. The van der Waals surface area contributed by atoms with Gasteiger partial charge in [0.15, 0.2) is 0 Å². The minimum atomic E-state index is -0.621. The zero-order chi connectivity index (χ0) is 14.9. The van der Waals surface area contributed by atoms with E-state index in [2.05, 4.69) is 4.98 Å². The summed E-state index contributed by atoms with van der Waals surface area (Å²) >= 11 is 11.5. The topological polar surface area (TPSA) is 44.1 Å². The van der Waals surface area contributed by atoms with Crippen LogP contribution in [0, 0.1) is 5.82 Å². The number of alkyl halides is 1. The molecule has 0 radical (unpaired) electrons. The van der Waals surface area contributed by atoms with Gasteiger partial charge in [-0.25, -0.2) is 14.2 Å². The molecule has 1 unspecified atom stereocenters. The van der Waals surface area contributed by atoms with E-state index in [1.54, 1.807) is 11.5 Å². The Hall–Kier alpha value is -1.33. The van der Waals surface area contributed by atoms with E-state index in [1.165, 1.54) is 19.2 Å². The number of rotatable bonds is 4. The molecule has 0 saturated carbocycles. The van der Waals surface area contributed by atoms with Crippen LogP contribution in [0.2, 0.25) is 5.02 Å².